The van der Waals surface area contributed by atoms with Crippen molar-refractivity contribution in [2.24, 2.45) is 0 Å². The minimum atomic E-state index is -0.237. The Kier molecular flexibility index (Phi) is 8.94. The second-order valence-corrected chi connectivity index (χ2v) is 4.75. The first-order valence-electron chi connectivity index (χ1n) is 5.59. The summed E-state index contributed by atoms with van der Waals surface area (Å²) in [6, 6.07) is 0.528. The molecule has 0 amide bonds. The van der Waals surface area contributed by atoms with Gasteiger partial charge < -0.3 is 5.11 Å². The van der Waals surface area contributed by atoms with Gasteiger partial charge in [-0.2, -0.15) is 0 Å². The molecule has 3 heteroatoms. The summed E-state index contributed by atoms with van der Waals surface area (Å²) in [7, 11) is 0. The van der Waals surface area contributed by atoms with Gasteiger partial charge in [0.1, 0.15) is 0 Å². The molecule has 1 N–H and O–H groups in total. The number of aliphatic hydroxyl groups is 1. The number of hydrogen-bond acceptors (Lipinski definition) is 2. The molecule has 2 nitrogen and oxygen atoms in total. The summed E-state index contributed by atoms with van der Waals surface area (Å²) in [6.45, 7) is 8.48. The maximum Gasteiger partial charge on any atom is 0.0763 e. The van der Waals surface area contributed by atoms with E-state index < -0.39 is 0 Å². The van der Waals surface area contributed by atoms with Crippen molar-refractivity contribution in [3.63, 3.8) is 0 Å². The predicted octanol–water partition coefficient (Wildman–Crippen LogP) is 2.64. The lowest BCUT2D eigenvalue weighted by Crippen LogP contribution is -2.38. The van der Waals surface area contributed by atoms with Gasteiger partial charge >= 0.3 is 0 Å². The Labute approximate surface area is 96.8 Å². The van der Waals surface area contributed by atoms with E-state index >= 15 is 0 Å². The zero-order chi connectivity index (χ0) is 11.0. The molecule has 0 bridgehead atoms. The van der Waals surface area contributed by atoms with Crippen LogP contribution < -0.4 is 0 Å². The van der Waals surface area contributed by atoms with Crippen molar-refractivity contribution in [3.8, 4) is 0 Å². The molecule has 0 aliphatic rings. The second kappa shape index (κ2) is 8.69. The van der Waals surface area contributed by atoms with Crippen LogP contribution in [0.2, 0.25) is 0 Å². The van der Waals surface area contributed by atoms with Gasteiger partial charge in [-0.1, -0.05) is 35.7 Å². The van der Waals surface area contributed by atoms with E-state index in [1.54, 1.807) is 0 Å². The zero-order valence-electron chi connectivity index (χ0n) is 9.67. The van der Waals surface area contributed by atoms with Crippen molar-refractivity contribution in [1.29, 1.82) is 0 Å². The monoisotopic (exact) mass is 265 g/mol. The molecule has 0 spiro atoms. The Morgan fingerprint density at radius 3 is 2.36 bits per heavy atom. The number of nitrogens with zero attached hydrogens (tertiary/aromatic N) is 1. The van der Waals surface area contributed by atoms with Crippen LogP contribution in [-0.2, 0) is 0 Å². The lowest BCUT2D eigenvalue weighted by Gasteiger charge is -2.28. The fraction of sp³-hybridized carbons (Fsp3) is 1.00. The zero-order valence-corrected chi connectivity index (χ0v) is 11.3. The third-order valence-electron chi connectivity index (χ3n) is 2.40. The minimum absolute atomic E-state index is 0.237. The van der Waals surface area contributed by atoms with Gasteiger partial charge in [-0.05, 0) is 26.8 Å². The lowest BCUT2D eigenvalue weighted by atomic mass is 10.2. The number of unbranched alkanes of at least 4 members (excludes halogenated alkanes) is 2. The molecule has 14 heavy (non-hydrogen) atoms. The van der Waals surface area contributed by atoms with Gasteiger partial charge in [0.15, 0.2) is 0 Å². The average Bonchev–Trinajstić information content (AvgIpc) is 2.16. The highest BCUT2D eigenvalue weighted by Crippen LogP contribution is 2.05. The van der Waals surface area contributed by atoms with E-state index in [1.807, 2.05) is 0 Å². The van der Waals surface area contributed by atoms with Crippen LogP contribution in [0.4, 0.5) is 0 Å². The Morgan fingerprint density at radius 1 is 1.29 bits per heavy atom. The Balaban J connectivity index is 3.77. The summed E-state index contributed by atoms with van der Waals surface area (Å²) < 4.78 is 0. The van der Waals surface area contributed by atoms with Crippen molar-refractivity contribution in [2.45, 2.75) is 52.2 Å². The fourth-order valence-corrected chi connectivity index (χ4v) is 1.65. The Morgan fingerprint density at radius 2 is 1.93 bits per heavy atom. The SMILES string of the molecule is CCCCCN(CC(O)CBr)C(C)C. The highest BCUT2D eigenvalue weighted by atomic mass is 79.9. The molecule has 0 rings (SSSR count). The lowest BCUT2D eigenvalue weighted by molar-refractivity contribution is 0.110. The van der Waals surface area contributed by atoms with E-state index in [4.69, 9.17) is 0 Å². The maximum absolute atomic E-state index is 9.55. The van der Waals surface area contributed by atoms with Crippen molar-refractivity contribution in [3.05, 3.63) is 0 Å². The third kappa shape index (κ3) is 6.80. The van der Waals surface area contributed by atoms with Gasteiger partial charge in [-0.15, -0.1) is 0 Å². The maximum atomic E-state index is 9.55. The second-order valence-electron chi connectivity index (χ2n) is 4.10. The van der Waals surface area contributed by atoms with E-state index in [1.165, 1.54) is 19.3 Å². The van der Waals surface area contributed by atoms with Crippen LogP contribution in [0.1, 0.15) is 40.0 Å². The molecule has 0 fully saturated rings. The molecule has 0 aromatic rings. The normalized spacial score (nSPS) is 13.9. The van der Waals surface area contributed by atoms with E-state index in [0.29, 0.717) is 11.4 Å². The Hall–Kier alpha value is 0.400. The summed E-state index contributed by atoms with van der Waals surface area (Å²) in [6.07, 6.45) is 3.54. The Bertz CT molecular complexity index is 130. The van der Waals surface area contributed by atoms with E-state index in [2.05, 4.69) is 41.6 Å². The summed E-state index contributed by atoms with van der Waals surface area (Å²) in [5.41, 5.74) is 0. The van der Waals surface area contributed by atoms with E-state index in [9.17, 15) is 5.11 Å². The third-order valence-corrected chi connectivity index (χ3v) is 3.15. The molecular formula is C11H24BrNO. The quantitative estimate of drug-likeness (QED) is 0.539. The summed E-state index contributed by atoms with van der Waals surface area (Å²) >= 11 is 3.30. The van der Waals surface area contributed by atoms with Gasteiger partial charge in [0.25, 0.3) is 0 Å². The van der Waals surface area contributed by atoms with E-state index in [0.717, 1.165) is 13.1 Å². The van der Waals surface area contributed by atoms with Crippen LogP contribution in [0.15, 0.2) is 0 Å². The topological polar surface area (TPSA) is 23.5 Å². The van der Waals surface area contributed by atoms with Crippen molar-refractivity contribution in [2.75, 3.05) is 18.4 Å². The standard InChI is InChI=1S/C11H24BrNO/c1-4-5-6-7-13(10(2)3)9-11(14)8-12/h10-11,14H,4-9H2,1-3H3. The number of rotatable bonds is 8. The smallest absolute Gasteiger partial charge is 0.0763 e. The van der Waals surface area contributed by atoms with Crippen LogP contribution in [-0.4, -0.2) is 40.6 Å². The molecule has 0 aliphatic carbocycles. The van der Waals surface area contributed by atoms with Crippen molar-refractivity contribution in [1.82, 2.24) is 4.90 Å². The van der Waals surface area contributed by atoms with Crippen LogP contribution in [0.3, 0.4) is 0 Å². The molecule has 0 aromatic carbocycles. The van der Waals surface area contributed by atoms with Crippen LogP contribution in [0.25, 0.3) is 0 Å². The largest absolute Gasteiger partial charge is 0.391 e. The summed E-state index contributed by atoms with van der Waals surface area (Å²) in [5, 5.41) is 10.2. The van der Waals surface area contributed by atoms with Gasteiger partial charge in [0, 0.05) is 17.9 Å². The first-order valence-corrected chi connectivity index (χ1v) is 6.72. The first-order chi connectivity index (χ1) is 6.61. The minimum Gasteiger partial charge on any atom is -0.391 e. The molecule has 0 radical (unpaired) electrons. The van der Waals surface area contributed by atoms with Gasteiger partial charge in [-0.25, -0.2) is 0 Å². The number of halogens is 1. The molecule has 0 saturated carbocycles. The molecule has 0 saturated heterocycles. The number of aliphatic hydroxyl groups excluding tert-OH is 1. The van der Waals surface area contributed by atoms with Gasteiger partial charge in [-0.3, -0.25) is 4.90 Å². The average molecular weight is 266 g/mol. The van der Waals surface area contributed by atoms with Gasteiger partial charge in [0.2, 0.25) is 0 Å². The van der Waals surface area contributed by atoms with E-state index in [-0.39, 0.29) is 6.10 Å². The molecular weight excluding hydrogens is 242 g/mol. The molecule has 1 atom stereocenters. The van der Waals surface area contributed by atoms with Crippen LogP contribution in [0, 0.1) is 0 Å². The fourth-order valence-electron chi connectivity index (χ4n) is 1.44. The van der Waals surface area contributed by atoms with Crippen LogP contribution >= 0.6 is 15.9 Å². The van der Waals surface area contributed by atoms with Crippen molar-refractivity contribution < 1.29 is 5.11 Å². The van der Waals surface area contributed by atoms with Gasteiger partial charge in [0.05, 0.1) is 6.10 Å². The molecule has 86 valence electrons. The molecule has 0 aromatic heterocycles. The predicted molar refractivity (Wildman–Crippen MR) is 66.0 cm³/mol. The highest BCUT2D eigenvalue weighted by molar-refractivity contribution is 9.09. The highest BCUT2D eigenvalue weighted by Gasteiger charge is 2.12. The van der Waals surface area contributed by atoms with Crippen molar-refractivity contribution >= 4 is 15.9 Å². The summed E-state index contributed by atoms with van der Waals surface area (Å²) in [5.74, 6) is 0. The number of hydrogen-bond donors (Lipinski definition) is 1. The number of alkyl halides is 1. The first kappa shape index (κ1) is 14.4. The van der Waals surface area contributed by atoms with Crippen LogP contribution in [0.5, 0.6) is 0 Å². The molecule has 0 heterocycles. The summed E-state index contributed by atoms with van der Waals surface area (Å²) in [4.78, 5) is 2.35. The molecule has 1 unspecified atom stereocenters. The molecule has 0 aliphatic heterocycles.